The van der Waals surface area contributed by atoms with Gasteiger partial charge in [-0.3, -0.25) is 0 Å². The van der Waals surface area contributed by atoms with Gasteiger partial charge in [0.25, 0.3) is 0 Å². The highest BCUT2D eigenvalue weighted by atomic mass is 35.5. The molecule has 0 spiro atoms. The zero-order valence-corrected chi connectivity index (χ0v) is 14.3. The Morgan fingerprint density at radius 3 is 2.58 bits per heavy atom. The number of hydrogen-bond donors (Lipinski definition) is 2. The summed E-state index contributed by atoms with van der Waals surface area (Å²) in [5.41, 5.74) is 0.916. The summed E-state index contributed by atoms with van der Waals surface area (Å²) in [6.07, 6.45) is 4.47. The number of likely N-dealkylation sites (tertiary alicyclic amines) is 1. The van der Waals surface area contributed by atoms with Gasteiger partial charge in [0.05, 0.1) is 6.10 Å². The average molecular weight is 349 g/mol. The molecule has 1 saturated heterocycles. The molecule has 24 heavy (non-hydrogen) atoms. The number of rotatable bonds is 3. The third-order valence-electron chi connectivity index (χ3n) is 4.34. The predicted octanol–water partition coefficient (Wildman–Crippen LogP) is 2.33. The first-order chi connectivity index (χ1) is 11.5. The van der Waals surface area contributed by atoms with Gasteiger partial charge in [0.1, 0.15) is 11.9 Å². The van der Waals surface area contributed by atoms with Crippen LogP contribution in [0.25, 0.3) is 0 Å². The molecule has 1 fully saturated rings. The van der Waals surface area contributed by atoms with Crippen molar-refractivity contribution in [2.45, 2.75) is 25.0 Å². The lowest BCUT2D eigenvalue weighted by atomic mass is 10.1. The molecule has 7 heteroatoms. The maximum absolute atomic E-state index is 12.6. The highest BCUT2D eigenvalue weighted by Gasteiger charge is 2.26. The fourth-order valence-corrected chi connectivity index (χ4v) is 3.02. The first-order valence-corrected chi connectivity index (χ1v) is 8.38. The smallest absolute Gasteiger partial charge is 0.318 e. The quantitative estimate of drug-likeness (QED) is 0.894. The van der Waals surface area contributed by atoms with Crippen molar-refractivity contribution in [3.8, 4) is 0 Å². The first kappa shape index (κ1) is 16.8. The van der Waals surface area contributed by atoms with E-state index in [0.717, 1.165) is 11.4 Å². The minimum Gasteiger partial charge on any atom is -0.393 e. The summed E-state index contributed by atoms with van der Waals surface area (Å²) in [5.74, 6) is 0.753. The van der Waals surface area contributed by atoms with E-state index in [4.69, 9.17) is 11.6 Å². The van der Waals surface area contributed by atoms with Gasteiger partial charge in [-0.05, 0) is 30.5 Å². The molecule has 0 bridgehead atoms. The van der Waals surface area contributed by atoms with Crippen molar-refractivity contribution in [1.29, 1.82) is 0 Å². The lowest BCUT2D eigenvalue weighted by Gasteiger charge is -2.31. The molecular formula is C17H21ClN4O2. The summed E-state index contributed by atoms with van der Waals surface area (Å²) >= 11 is 5.97. The molecule has 1 aliphatic heterocycles. The molecule has 2 aromatic rings. The van der Waals surface area contributed by atoms with E-state index < -0.39 is 0 Å². The number of benzene rings is 1. The summed E-state index contributed by atoms with van der Waals surface area (Å²) in [4.78, 5) is 18.7. The van der Waals surface area contributed by atoms with Crippen LogP contribution in [0.1, 0.15) is 30.3 Å². The molecule has 0 aliphatic carbocycles. The highest BCUT2D eigenvalue weighted by molar-refractivity contribution is 6.30. The largest absolute Gasteiger partial charge is 0.393 e. The second-order valence-corrected chi connectivity index (χ2v) is 6.49. The van der Waals surface area contributed by atoms with E-state index >= 15 is 0 Å². The van der Waals surface area contributed by atoms with Crippen LogP contribution in [0.5, 0.6) is 0 Å². The molecule has 3 rings (SSSR count). The Morgan fingerprint density at radius 1 is 1.33 bits per heavy atom. The van der Waals surface area contributed by atoms with Crippen molar-refractivity contribution in [3.05, 3.63) is 53.1 Å². The molecule has 2 heterocycles. The molecule has 1 atom stereocenters. The van der Waals surface area contributed by atoms with Crippen molar-refractivity contribution in [3.63, 3.8) is 0 Å². The number of carbonyl (C=O) groups is 1. The summed E-state index contributed by atoms with van der Waals surface area (Å²) in [6, 6.07) is 6.88. The fraction of sp³-hybridized carbons (Fsp3) is 0.412. The Labute approximate surface area is 146 Å². The number of urea groups is 1. The van der Waals surface area contributed by atoms with Gasteiger partial charge in [-0.15, -0.1) is 0 Å². The number of imidazole rings is 1. The lowest BCUT2D eigenvalue weighted by Crippen LogP contribution is -2.47. The first-order valence-electron chi connectivity index (χ1n) is 8.01. The maximum atomic E-state index is 12.6. The normalized spacial score (nSPS) is 16.9. The zero-order chi connectivity index (χ0) is 17.1. The van der Waals surface area contributed by atoms with Gasteiger partial charge in [0.2, 0.25) is 0 Å². The van der Waals surface area contributed by atoms with E-state index in [0.29, 0.717) is 31.0 Å². The Kier molecular flexibility index (Phi) is 5.06. The van der Waals surface area contributed by atoms with E-state index in [1.165, 1.54) is 0 Å². The third kappa shape index (κ3) is 3.71. The number of hydrogen-bond acceptors (Lipinski definition) is 3. The monoisotopic (exact) mass is 348 g/mol. The van der Waals surface area contributed by atoms with Gasteiger partial charge in [-0.1, -0.05) is 23.7 Å². The van der Waals surface area contributed by atoms with E-state index in [1.54, 1.807) is 23.2 Å². The average Bonchev–Trinajstić information content (AvgIpc) is 3.00. The van der Waals surface area contributed by atoms with Crippen LogP contribution in [0.15, 0.2) is 36.7 Å². The molecule has 2 amide bonds. The van der Waals surface area contributed by atoms with Crippen LogP contribution < -0.4 is 5.32 Å². The van der Waals surface area contributed by atoms with E-state index in [9.17, 15) is 9.90 Å². The van der Waals surface area contributed by atoms with E-state index in [1.807, 2.05) is 29.9 Å². The highest BCUT2D eigenvalue weighted by Crippen LogP contribution is 2.23. The molecule has 1 aromatic heterocycles. The number of aliphatic hydroxyl groups excluding tert-OH is 1. The van der Waals surface area contributed by atoms with Crippen LogP contribution in [0.3, 0.4) is 0 Å². The summed E-state index contributed by atoms with van der Waals surface area (Å²) in [7, 11) is 1.90. The topological polar surface area (TPSA) is 70.4 Å². The van der Waals surface area contributed by atoms with Crippen LogP contribution in [0, 0.1) is 0 Å². The summed E-state index contributed by atoms with van der Waals surface area (Å²) < 4.78 is 1.89. The number of amides is 2. The number of halogens is 1. The van der Waals surface area contributed by atoms with Gasteiger partial charge in [0.15, 0.2) is 0 Å². The van der Waals surface area contributed by atoms with Crippen molar-refractivity contribution in [2.75, 3.05) is 13.1 Å². The molecule has 0 saturated carbocycles. The molecule has 128 valence electrons. The molecule has 1 unspecified atom stereocenters. The minimum absolute atomic E-state index is 0.148. The van der Waals surface area contributed by atoms with E-state index in [-0.39, 0.29) is 18.2 Å². The number of aryl methyl sites for hydroxylation is 1. The SMILES string of the molecule is Cn1ccnc1C(NC(=O)N1CCC(O)CC1)c1ccc(Cl)cc1. The van der Waals surface area contributed by atoms with E-state index in [2.05, 4.69) is 10.3 Å². The number of piperidine rings is 1. The third-order valence-corrected chi connectivity index (χ3v) is 4.59. The molecule has 6 nitrogen and oxygen atoms in total. The Hall–Kier alpha value is -2.05. The summed E-state index contributed by atoms with van der Waals surface area (Å²) in [5, 5.41) is 13.3. The van der Waals surface area contributed by atoms with Crippen molar-refractivity contribution in [2.24, 2.45) is 7.05 Å². The second-order valence-electron chi connectivity index (χ2n) is 6.05. The van der Waals surface area contributed by atoms with Gasteiger partial charge in [0, 0.05) is 37.6 Å². The molecule has 1 aromatic carbocycles. The Bertz CT molecular complexity index is 693. The molecular weight excluding hydrogens is 328 g/mol. The molecule has 0 radical (unpaired) electrons. The summed E-state index contributed by atoms with van der Waals surface area (Å²) in [6.45, 7) is 1.11. The van der Waals surface area contributed by atoms with Crippen LogP contribution in [-0.2, 0) is 7.05 Å². The van der Waals surface area contributed by atoms with Crippen molar-refractivity contribution < 1.29 is 9.90 Å². The van der Waals surface area contributed by atoms with Crippen LogP contribution >= 0.6 is 11.6 Å². The van der Waals surface area contributed by atoms with Gasteiger partial charge in [-0.2, -0.15) is 0 Å². The minimum atomic E-state index is -0.360. The molecule has 2 N–H and O–H groups in total. The maximum Gasteiger partial charge on any atom is 0.318 e. The van der Waals surface area contributed by atoms with Crippen molar-refractivity contribution >= 4 is 17.6 Å². The van der Waals surface area contributed by atoms with Gasteiger partial charge in [-0.25, -0.2) is 9.78 Å². The lowest BCUT2D eigenvalue weighted by molar-refractivity contribution is 0.0931. The van der Waals surface area contributed by atoms with Crippen LogP contribution in [0.4, 0.5) is 4.79 Å². The number of nitrogens with zero attached hydrogens (tertiary/aromatic N) is 3. The standard InChI is InChI=1S/C17H21ClN4O2/c1-21-11-8-19-16(21)15(12-2-4-13(18)5-3-12)20-17(24)22-9-6-14(23)7-10-22/h2-5,8,11,14-15,23H,6-7,9-10H2,1H3,(H,20,24). The number of carbonyl (C=O) groups excluding carboxylic acids is 1. The van der Waals surface area contributed by atoms with Crippen LogP contribution in [-0.4, -0.2) is 44.8 Å². The fourth-order valence-electron chi connectivity index (χ4n) is 2.89. The van der Waals surface area contributed by atoms with Gasteiger partial charge >= 0.3 is 6.03 Å². The zero-order valence-electron chi connectivity index (χ0n) is 13.5. The molecule has 1 aliphatic rings. The predicted molar refractivity (Wildman–Crippen MR) is 91.8 cm³/mol. The number of aliphatic hydroxyl groups is 1. The number of aromatic nitrogens is 2. The Balaban J connectivity index is 1.81. The Morgan fingerprint density at radius 2 is 2.00 bits per heavy atom. The number of nitrogens with one attached hydrogen (secondary N) is 1. The van der Waals surface area contributed by atoms with Gasteiger partial charge < -0.3 is 19.9 Å². The van der Waals surface area contributed by atoms with Crippen molar-refractivity contribution in [1.82, 2.24) is 19.8 Å². The second kappa shape index (κ2) is 7.23. The van der Waals surface area contributed by atoms with Crippen LogP contribution in [0.2, 0.25) is 5.02 Å².